The molecule has 1 rings (SSSR count). The third-order valence-corrected chi connectivity index (χ3v) is 3.99. The van der Waals surface area contributed by atoms with Crippen molar-refractivity contribution in [3.05, 3.63) is 29.8 Å². The molecule has 18 heavy (non-hydrogen) atoms. The van der Waals surface area contributed by atoms with E-state index in [-0.39, 0.29) is 9.87 Å². The van der Waals surface area contributed by atoms with Crippen molar-refractivity contribution in [2.75, 3.05) is 14.2 Å². The van der Waals surface area contributed by atoms with E-state index >= 15 is 0 Å². The highest BCUT2D eigenvalue weighted by molar-refractivity contribution is 7.89. The monoisotopic (exact) mass is 273 g/mol. The first-order valence-electron chi connectivity index (χ1n) is 4.71. The van der Waals surface area contributed by atoms with Crippen LogP contribution in [0.3, 0.4) is 0 Å². The van der Waals surface area contributed by atoms with Crippen LogP contribution in [0.4, 0.5) is 4.79 Å². The molecule has 0 unspecified atom stereocenters. The van der Waals surface area contributed by atoms with Crippen LogP contribution in [-0.4, -0.2) is 44.0 Å². The maximum absolute atomic E-state index is 12.0. The summed E-state index contributed by atoms with van der Waals surface area (Å²) < 4.78 is 28.5. The number of ether oxygens (including phenoxy) is 1. The van der Waals surface area contributed by atoms with Gasteiger partial charge in [0.2, 0.25) is 0 Å². The van der Waals surface area contributed by atoms with Crippen molar-refractivity contribution in [3.8, 4) is 0 Å². The molecule has 7 nitrogen and oxygen atoms in total. The number of benzene rings is 1. The first-order chi connectivity index (χ1) is 8.32. The summed E-state index contributed by atoms with van der Waals surface area (Å²) >= 11 is 0. The van der Waals surface area contributed by atoms with E-state index < -0.39 is 27.0 Å². The molecule has 0 spiro atoms. The number of carbonyl (C=O) groups excluding carboxylic acids is 1. The van der Waals surface area contributed by atoms with Gasteiger partial charge in [-0.25, -0.2) is 22.3 Å². The van der Waals surface area contributed by atoms with Gasteiger partial charge in [0.15, 0.2) is 0 Å². The quantitative estimate of drug-likeness (QED) is 0.816. The SMILES string of the molecule is COC(=O)c1ccccc1S(=O)(=O)N(C)C(=O)O. The molecule has 0 aliphatic carbocycles. The Morgan fingerprint density at radius 3 is 2.33 bits per heavy atom. The molecule has 1 N–H and O–H groups in total. The molecule has 0 bridgehead atoms. The summed E-state index contributed by atoms with van der Waals surface area (Å²) in [5.74, 6) is -0.854. The minimum absolute atomic E-state index is 0.134. The summed E-state index contributed by atoms with van der Waals surface area (Å²) in [6.07, 6.45) is -1.64. The van der Waals surface area contributed by atoms with Gasteiger partial charge in [-0.05, 0) is 12.1 Å². The Labute approximate surface area is 104 Å². The minimum Gasteiger partial charge on any atom is -0.465 e. The van der Waals surface area contributed by atoms with Crippen molar-refractivity contribution in [1.82, 2.24) is 4.31 Å². The van der Waals surface area contributed by atoms with Crippen LogP contribution in [0.15, 0.2) is 29.2 Å². The van der Waals surface area contributed by atoms with E-state index in [4.69, 9.17) is 5.11 Å². The van der Waals surface area contributed by atoms with Gasteiger partial charge in [-0.1, -0.05) is 12.1 Å². The number of amides is 1. The molecule has 1 aromatic rings. The van der Waals surface area contributed by atoms with Gasteiger partial charge >= 0.3 is 12.1 Å². The number of esters is 1. The lowest BCUT2D eigenvalue weighted by atomic mass is 10.2. The number of carbonyl (C=O) groups is 2. The van der Waals surface area contributed by atoms with Gasteiger partial charge in [0.25, 0.3) is 10.0 Å². The molecule has 0 heterocycles. The second-order valence-corrected chi connectivity index (χ2v) is 5.18. The highest BCUT2D eigenvalue weighted by Crippen LogP contribution is 2.20. The maximum atomic E-state index is 12.0. The number of carboxylic acid groups (broad SMARTS) is 1. The molecule has 98 valence electrons. The van der Waals surface area contributed by atoms with E-state index in [1.54, 1.807) is 0 Å². The molecule has 0 aliphatic rings. The molecule has 0 aliphatic heterocycles. The molecule has 1 amide bonds. The lowest BCUT2D eigenvalue weighted by Gasteiger charge is -2.15. The van der Waals surface area contributed by atoms with Crippen molar-refractivity contribution in [2.24, 2.45) is 0 Å². The zero-order valence-corrected chi connectivity index (χ0v) is 10.5. The number of sulfonamides is 1. The van der Waals surface area contributed by atoms with Crippen LogP contribution in [-0.2, 0) is 14.8 Å². The van der Waals surface area contributed by atoms with E-state index in [0.717, 1.165) is 20.2 Å². The summed E-state index contributed by atoms with van der Waals surface area (Å²) in [5, 5.41) is 8.70. The Kier molecular flexibility index (Phi) is 3.92. The number of rotatable bonds is 3. The molecular formula is C10H11NO6S. The third-order valence-electron chi connectivity index (χ3n) is 2.20. The fourth-order valence-corrected chi connectivity index (χ4v) is 2.40. The predicted molar refractivity (Wildman–Crippen MR) is 60.8 cm³/mol. The highest BCUT2D eigenvalue weighted by Gasteiger charge is 2.29. The highest BCUT2D eigenvalue weighted by atomic mass is 32.2. The van der Waals surface area contributed by atoms with Crippen LogP contribution in [0.25, 0.3) is 0 Å². The molecule has 0 fully saturated rings. The second-order valence-electron chi connectivity index (χ2n) is 3.24. The van der Waals surface area contributed by atoms with Crippen LogP contribution in [0, 0.1) is 0 Å². The first kappa shape index (κ1) is 14.0. The zero-order chi connectivity index (χ0) is 13.9. The molecule has 8 heteroatoms. The van der Waals surface area contributed by atoms with Crippen LogP contribution in [0.5, 0.6) is 0 Å². The van der Waals surface area contributed by atoms with Crippen molar-refractivity contribution < 1.29 is 27.9 Å². The average Bonchev–Trinajstić information content (AvgIpc) is 2.36. The van der Waals surface area contributed by atoms with Gasteiger partial charge in [0, 0.05) is 7.05 Å². The van der Waals surface area contributed by atoms with Gasteiger partial charge in [-0.3, -0.25) is 0 Å². The Bertz CT molecular complexity index is 580. The predicted octanol–water partition coefficient (Wildman–Crippen LogP) is 0.772. The lowest BCUT2D eigenvalue weighted by Crippen LogP contribution is -2.32. The van der Waals surface area contributed by atoms with E-state index in [2.05, 4.69) is 4.74 Å². The van der Waals surface area contributed by atoms with Crippen molar-refractivity contribution in [3.63, 3.8) is 0 Å². The summed E-state index contributed by atoms with van der Waals surface area (Å²) in [6, 6.07) is 5.22. The summed E-state index contributed by atoms with van der Waals surface area (Å²) in [6.45, 7) is 0. The molecule has 0 radical (unpaired) electrons. The van der Waals surface area contributed by atoms with E-state index in [1.807, 2.05) is 0 Å². The van der Waals surface area contributed by atoms with Gasteiger partial charge in [0.05, 0.1) is 12.7 Å². The Hall–Kier alpha value is -2.09. The average molecular weight is 273 g/mol. The normalized spacial score (nSPS) is 10.8. The molecular weight excluding hydrogens is 262 g/mol. The molecule has 0 atom stereocenters. The number of hydrogen-bond acceptors (Lipinski definition) is 5. The van der Waals surface area contributed by atoms with Crippen LogP contribution in [0.2, 0.25) is 0 Å². The summed E-state index contributed by atoms with van der Waals surface area (Å²) in [4.78, 5) is 21.7. The zero-order valence-electron chi connectivity index (χ0n) is 9.65. The summed E-state index contributed by atoms with van der Waals surface area (Å²) in [7, 11) is -2.31. The van der Waals surface area contributed by atoms with E-state index in [1.165, 1.54) is 18.2 Å². The molecule has 0 saturated carbocycles. The minimum atomic E-state index is -4.29. The first-order valence-corrected chi connectivity index (χ1v) is 6.15. The lowest BCUT2D eigenvalue weighted by molar-refractivity contribution is 0.0596. The van der Waals surface area contributed by atoms with Gasteiger partial charge in [-0.15, -0.1) is 0 Å². The number of hydrogen-bond donors (Lipinski definition) is 1. The summed E-state index contributed by atoms with van der Waals surface area (Å²) in [5.41, 5.74) is -0.215. The fourth-order valence-electron chi connectivity index (χ4n) is 1.22. The van der Waals surface area contributed by atoms with Crippen molar-refractivity contribution >= 4 is 22.1 Å². The smallest absolute Gasteiger partial charge is 0.421 e. The van der Waals surface area contributed by atoms with Crippen LogP contribution in [0.1, 0.15) is 10.4 Å². The third kappa shape index (κ3) is 2.43. The molecule has 0 aromatic heterocycles. The number of nitrogens with zero attached hydrogens (tertiary/aromatic N) is 1. The van der Waals surface area contributed by atoms with Crippen LogP contribution >= 0.6 is 0 Å². The van der Waals surface area contributed by atoms with Gasteiger partial charge in [-0.2, -0.15) is 0 Å². The Balaban J connectivity index is 3.42. The maximum Gasteiger partial charge on any atom is 0.421 e. The van der Waals surface area contributed by atoms with E-state index in [0.29, 0.717) is 0 Å². The van der Waals surface area contributed by atoms with Gasteiger partial charge in [0.1, 0.15) is 4.90 Å². The fraction of sp³-hybridized carbons (Fsp3) is 0.200. The van der Waals surface area contributed by atoms with Crippen molar-refractivity contribution in [1.29, 1.82) is 0 Å². The molecule has 0 saturated heterocycles. The van der Waals surface area contributed by atoms with Crippen LogP contribution < -0.4 is 0 Å². The number of methoxy groups -OCH3 is 1. The Morgan fingerprint density at radius 2 is 1.83 bits per heavy atom. The standard InChI is InChI=1S/C10H11NO6S/c1-11(10(13)14)18(15,16)8-6-4-3-5-7(8)9(12)17-2/h3-6H,1-2H3,(H,13,14). The largest absolute Gasteiger partial charge is 0.465 e. The second kappa shape index (κ2) is 5.05. The van der Waals surface area contributed by atoms with E-state index in [9.17, 15) is 18.0 Å². The van der Waals surface area contributed by atoms with Crippen molar-refractivity contribution in [2.45, 2.75) is 4.90 Å². The Morgan fingerprint density at radius 1 is 1.28 bits per heavy atom. The van der Waals surface area contributed by atoms with Gasteiger partial charge < -0.3 is 9.84 Å². The molecule has 1 aromatic carbocycles. The topological polar surface area (TPSA) is 101 Å².